The van der Waals surface area contributed by atoms with Crippen LogP contribution in [0.3, 0.4) is 0 Å². The van der Waals surface area contributed by atoms with Crippen molar-refractivity contribution in [3.63, 3.8) is 0 Å². The Bertz CT molecular complexity index is 923. The van der Waals surface area contributed by atoms with Crippen LogP contribution in [0.2, 0.25) is 0 Å². The van der Waals surface area contributed by atoms with E-state index in [0.717, 1.165) is 10.8 Å². The zero-order chi connectivity index (χ0) is 18.5. The van der Waals surface area contributed by atoms with Gasteiger partial charge in [-0.25, -0.2) is 0 Å². The Hall–Kier alpha value is -3.21. The number of hydrogen-bond acceptors (Lipinski definition) is 4. The number of ether oxygens (including phenoxy) is 3. The first-order valence-corrected chi connectivity index (χ1v) is 8.29. The van der Waals surface area contributed by atoms with Crippen molar-refractivity contribution >= 4 is 22.4 Å². The highest BCUT2D eigenvalue weighted by Crippen LogP contribution is 2.30. The maximum Gasteiger partial charge on any atom is 0.265 e. The summed E-state index contributed by atoms with van der Waals surface area (Å²) < 4.78 is 16.2. The molecule has 0 aromatic heterocycles. The minimum atomic E-state index is -0.649. The van der Waals surface area contributed by atoms with Gasteiger partial charge in [-0.2, -0.15) is 0 Å². The summed E-state index contributed by atoms with van der Waals surface area (Å²) in [6.45, 7) is 1.71. The minimum absolute atomic E-state index is 0.245. The van der Waals surface area contributed by atoms with Gasteiger partial charge >= 0.3 is 0 Å². The molecular formula is C21H21NO4. The molecule has 134 valence electrons. The molecule has 26 heavy (non-hydrogen) atoms. The van der Waals surface area contributed by atoms with Gasteiger partial charge in [0.05, 0.1) is 14.2 Å². The molecule has 0 fully saturated rings. The highest BCUT2D eigenvalue weighted by Gasteiger charge is 2.16. The van der Waals surface area contributed by atoms with Crippen molar-refractivity contribution in [1.82, 2.24) is 0 Å². The molecule has 0 saturated carbocycles. The first kappa shape index (κ1) is 17.6. The summed E-state index contributed by atoms with van der Waals surface area (Å²) in [5.41, 5.74) is 0.613. The molecule has 3 aromatic carbocycles. The Balaban J connectivity index is 1.69. The number of carbonyl (C=O) groups excluding carboxylic acids is 1. The zero-order valence-electron chi connectivity index (χ0n) is 15.0. The van der Waals surface area contributed by atoms with Crippen molar-refractivity contribution < 1.29 is 19.0 Å². The van der Waals surface area contributed by atoms with Crippen LogP contribution in [0.4, 0.5) is 5.69 Å². The number of anilines is 1. The Labute approximate surface area is 152 Å². The predicted molar refractivity (Wildman–Crippen MR) is 102 cm³/mol. The first-order valence-electron chi connectivity index (χ1n) is 8.29. The largest absolute Gasteiger partial charge is 0.493 e. The average Bonchev–Trinajstić information content (AvgIpc) is 2.67. The quantitative estimate of drug-likeness (QED) is 0.721. The van der Waals surface area contributed by atoms with E-state index < -0.39 is 6.10 Å². The standard InChI is InChI=1S/C21H21NO4/c1-14(26-18-10-8-15-6-4-5-7-16(15)12-18)21(23)22-17-9-11-19(24-2)20(13-17)25-3/h4-14H,1-3H3,(H,22,23)/t14-/m1/s1. The van der Waals surface area contributed by atoms with Crippen LogP contribution in [0.5, 0.6) is 17.2 Å². The van der Waals surface area contributed by atoms with E-state index in [-0.39, 0.29) is 5.91 Å². The molecule has 5 heteroatoms. The van der Waals surface area contributed by atoms with E-state index in [4.69, 9.17) is 14.2 Å². The van der Waals surface area contributed by atoms with Crippen molar-refractivity contribution in [2.75, 3.05) is 19.5 Å². The van der Waals surface area contributed by atoms with Crippen LogP contribution in [0.1, 0.15) is 6.92 Å². The van der Waals surface area contributed by atoms with E-state index in [1.807, 2.05) is 42.5 Å². The number of benzene rings is 3. The average molecular weight is 351 g/mol. The van der Waals surface area contributed by atoms with Gasteiger partial charge in [0.2, 0.25) is 0 Å². The van der Waals surface area contributed by atoms with Gasteiger partial charge < -0.3 is 19.5 Å². The second kappa shape index (κ2) is 7.78. The number of fused-ring (bicyclic) bond motifs is 1. The molecule has 1 N–H and O–H groups in total. The molecular weight excluding hydrogens is 330 g/mol. The summed E-state index contributed by atoms with van der Waals surface area (Å²) >= 11 is 0. The maximum atomic E-state index is 12.4. The fourth-order valence-electron chi connectivity index (χ4n) is 2.66. The lowest BCUT2D eigenvalue weighted by atomic mass is 10.1. The molecule has 1 amide bonds. The van der Waals surface area contributed by atoms with Crippen molar-refractivity contribution in [3.8, 4) is 17.2 Å². The Kier molecular flexibility index (Phi) is 5.27. The number of amides is 1. The third-order valence-corrected chi connectivity index (χ3v) is 4.05. The number of hydrogen-bond donors (Lipinski definition) is 1. The topological polar surface area (TPSA) is 56.8 Å². The lowest BCUT2D eigenvalue weighted by molar-refractivity contribution is -0.122. The molecule has 0 unspecified atom stereocenters. The molecule has 3 rings (SSSR count). The van der Waals surface area contributed by atoms with Crippen LogP contribution in [-0.2, 0) is 4.79 Å². The highest BCUT2D eigenvalue weighted by molar-refractivity contribution is 5.94. The van der Waals surface area contributed by atoms with Crippen LogP contribution in [0, 0.1) is 0 Å². The van der Waals surface area contributed by atoms with Gasteiger partial charge in [-0.3, -0.25) is 4.79 Å². The minimum Gasteiger partial charge on any atom is -0.493 e. The van der Waals surface area contributed by atoms with E-state index >= 15 is 0 Å². The second-order valence-electron chi connectivity index (χ2n) is 5.83. The summed E-state index contributed by atoms with van der Waals surface area (Å²) in [6.07, 6.45) is -0.649. The van der Waals surface area contributed by atoms with Gasteiger partial charge in [0.1, 0.15) is 5.75 Å². The van der Waals surface area contributed by atoms with E-state index in [1.54, 1.807) is 39.3 Å². The summed E-state index contributed by atoms with van der Waals surface area (Å²) in [4.78, 5) is 12.4. The summed E-state index contributed by atoms with van der Waals surface area (Å²) in [5, 5.41) is 5.02. The molecule has 5 nitrogen and oxygen atoms in total. The summed E-state index contributed by atoms with van der Waals surface area (Å²) in [6, 6.07) is 19.0. The van der Waals surface area contributed by atoms with Gasteiger partial charge in [0, 0.05) is 11.8 Å². The molecule has 0 heterocycles. The monoisotopic (exact) mass is 351 g/mol. The summed E-state index contributed by atoms with van der Waals surface area (Å²) in [7, 11) is 3.12. The highest BCUT2D eigenvalue weighted by atomic mass is 16.5. The van der Waals surface area contributed by atoms with Crippen molar-refractivity contribution in [3.05, 3.63) is 60.7 Å². The molecule has 0 radical (unpaired) electrons. The van der Waals surface area contributed by atoms with Gasteiger partial charge in [-0.05, 0) is 42.0 Å². The fraction of sp³-hybridized carbons (Fsp3) is 0.190. The van der Waals surface area contributed by atoms with Crippen LogP contribution >= 0.6 is 0 Å². The number of nitrogens with one attached hydrogen (secondary N) is 1. The molecule has 3 aromatic rings. The normalized spacial score (nSPS) is 11.7. The van der Waals surface area contributed by atoms with E-state index in [0.29, 0.717) is 22.9 Å². The Morgan fingerprint density at radius 2 is 1.62 bits per heavy atom. The van der Waals surface area contributed by atoms with E-state index in [1.165, 1.54) is 0 Å². The molecule has 0 aliphatic rings. The Morgan fingerprint density at radius 3 is 2.35 bits per heavy atom. The fourth-order valence-corrected chi connectivity index (χ4v) is 2.66. The van der Waals surface area contributed by atoms with Crippen molar-refractivity contribution in [2.24, 2.45) is 0 Å². The SMILES string of the molecule is COc1ccc(NC(=O)[C@@H](C)Oc2ccc3ccccc3c2)cc1OC. The van der Waals surface area contributed by atoms with E-state index in [9.17, 15) is 4.79 Å². The summed E-state index contributed by atoms with van der Waals surface area (Å²) in [5.74, 6) is 1.56. The van der Waals surface area contributed by atoms with Gasteiger partial charge in [-0.15, -0.1) is 0 Å². The number of rotatable bonds is 6. The second-order valence-corrected chi connectivity index (χ2v) is 5.83. The zero-order valence-corrected chi connectivity index (χ0v) is 15.0. The third-order valence-electron chi connectivity index (χ3n) is 4.05. The van der Waals surface area contributed by atoms with Crippen LogP contribution in [-0.4, -0.2) is 26.2 Å². The first-order chi connectivity index (χ1) is 12.6. The van der Waals surface area contributed by atoms with Crippen molar-refractivity contribution in [2.45, 2.75) is 13.0 Å². The van der Waals surface area contributed by atoms with Crippen LogP contribution < -0.4 is 19.5 Å². The molecule has 1 atom stereocenters. The molecule has 0 aliphatic carbocycles. The van der Waals surface area contributed by atoms with Gasteiger partial charge in [0.25, 0.3) is 5.91 Å². The number of methoxy groups -OCH3 is 2. The lowest BCUT2D eigenvalue weighted by Crippen LogP contribution is -2.30. The third kappa shape index (κ3) is 3.88. The van der Waals surface area contributed by atoms with Gasteiger partial charge in [0.15, 0.2) is 17.6 Å². The molecule has 0 bridgehead atoms. The lowest BCUT2D eigenvalue weighted by Gasteiger charge is -2.16. The molecule has 0 saturated heterocycles. The molecule has 0 spiro atoms. The molecule has 0 aliphatic heterocycles. The van der Waals surface area contributed by atoms with Crippen LogP contribution in [0.15, 0.2) is 60.7 Å². The number of carbonyl (C=O) groups is 1. The smallest absolute Gasteiger partial charge is 0.265 e. The van der Waals surface area contributed by atoms with Crippen LogP contribution in [0.25, 0.3) is 10.8 Å². The van der Waals surface area contributed by atoms with Gasteiger partial charge in [-0.1, -0.05) is 30.3 Å². The van der Waals surface area contributed by atoms with Crippen molar-refractivity contribution in [1.29, 1.82) is 0 Å². The maximum absolute atomic E-state index is 12.4. The van der Waals surface area contributed by atoms with E-state index in [2.05, 4.69) is 5.32 Å². The Morgan fingerprint density at radius 1 is 0.885 bits per heavy atom. The predicted octanol–water partition coefficient (Wildman–Crippen LogP) is 4.26.